The minimum absolute atomic E-state index is 0.143. The van der Waals surface area contributed by atoms with Crippen LogP contribution in [0.3, 0.4) is 0 Å². The topological polar surface area (TPSA) is 78.4 Å². The van der Waals surface area contributed by atoms with E-state index in [0.29, 0.717) is 12.2 Å². The first-order valence-electron chi connectivity index (χ1n) is 6.49. The van der Waals surface area contributed by atoms with Crippen LogP contribution in [0.5, 0.6) is 11.5 Å². The van der Waals surface area contributed by atoms with Crippen LogP contribution < -0.4 is 10.5 Å². The molecule has 1 atom stereocenters. The summed E-state index contributed by atoms with van der Waals surface area (Å²) in [5.41, 5.74) is 6.41. The fourth-order valence-corrected chi connectivity index (χ4v) is 1.94. The van der Waals surface area contributed by atoms with E-state index in [1.54, 1.807) is 24.3 Å². The molecule has 2 aromatic carbocycles. The van der Waals surface area contributed by atoms with Gasteiger partial charge in [0.1, 0.15) is 11.6 Å². The van der Waals surface area contributed by atoms with E-state index in [-0.39, 0.29) is 17.5 Å². The van der Waals surface area contributed by atoms with Crippen molar-refractivity contribution < 1.29 is 14.1 Å². The highest BCUT2D eigenvalue weighted by molar-refractivity contribution is 5.50. The molecule has 2 rings (SSSR count). The molecule has 110 valence electrons. The fraction of sp³-hybridized carbons (Fsp3) is 0.200. The molecule has 21 heavy (non-hydrogen) atoms. The maximum absolute atomic E-state index is 13.3. The van der Waals surface area contributed by atoms with Crippen molar-refractivity contribution in [2.45, 2.75) is 19.4 Å². The third-order valence-electron chi connectivity index (χ3n) is 3.10. The van der Waals surface area contributed by atoms with Crippen LogP contribution in [0.4, 0.5) is 10.1 Å². The van der Waals surface area contributed by atoms with E-state index in [0.717, 1.165) is 23.8 Å². The van der Waals surface area contributed by atoms with Crippen molar-refractivity contribution in [3.63, 3.8) is 0 Å². The lowest BCUT2D eigenvalue weighted by Gasteiger charge is -2.15. The maximum Gasteiger partial charge on any atom is 0.311 e. The van der Waals surface area contributed by atoms with Gasteiger partial charge in [0, 0.05) is 23.7 Å². The number of nitrogens with zero attached hydrogens (tertiary/aromatic N) is 1. The Bertz CT molecular complexity index is 661. The van der Waals surface area contributed by atoms with Gasteiger partial charge in [-0.1, -0.05) is 25.1 Å². The van der Waals surface area contributed by atoms with Crippen LogP contribution in [0, 0.1) is 15.9 Å². The summed E-state index contributed by atoms with van der Waals surface area (Å²) in [4.78, 5) is 10.4. The molecule has 0 aliphatic rings. The molecule has 0 unspecified atom stereocenters. The lowest BCUT2D eigenvalue weighted by molar-refractivity contribution is -0.385. The standard InChI is InChI=1S/C15H15FN2O3/c1-2-12(17)11-5-3-4-6-14(11)21-15-9-10(16)7-8-13(15)18(19)20/h3-9,12H,2,17H2,1H3/t12-/m0/s1. The number of nitro groups is 1. The van der Waals surface area contributed by atoms with Gasteiger partial charge in [-0.3, -0.25) is 10.1 Å². The number of nitrogens with two attached hydrogens (primary N) is 1. The van der Waals surface area contributed by atoms with Gasteiger partial charge in [-0.15, -0.1) is 0 Å². The lowest BCUT2D eigenvalue weighted by Crippen LogP contribution is -2.10. The first-order valence-corrected chi connectivity index (χ1v) is 6.49. The predicted molar refractivity (Wildman–Crippen MR) is 76.8 cm³/mol. The van der Waals surface area contributed by atoms with Crippen molar-refractivity contribution in [1.82, 2.24) is 0 Å². The number of nitro benzene ring substituents is 1. The molecule has 0 saturated carbocycles. The molecule has 0 radical (unpaired) electrons. The Morgan fingerprint density at radius 1 is 1.29 bits per heavy atom. The molecule has 0 fully saturated rings. The Kier molecular flexibility index (Phi) is 4.49. The number of rotatable bonds is 5. The highest BCUT2D eigenvalue weighted by atomic mass is 19.1. The molecule has 0 aliphatic carbocycles. The van der Waals surface area contributed by atoms with Crippen LogP contribution in [0.15, 0.2) is 42.5 Å². The summed E-state index contributed by atoms with van der Waals surface area (Å²) >= 11 is 0. The van der Waals surface area contributed by atoms with E-state index >= 15 is 0 Å². The molecule has 0 aromatic heterocycles. The molecule has 0 aliphatic heterocycles. The van der Waals surface area contributed by atoms with E-state index in [9.17, 15) is 14.5 Å². The van der Waals surface area contributed by atoms with Gasteiger partial charge in [0.2, 0.25) is 5.75 Å². The Morgan fingerprint density at radius 2 is 2.00 bits per heavy atom. The molecule has 0 saturated heterocycles. The molecular weight excluding hydrogens is 275 g/mol. The zero-order valence-electron chi connectivity index (χ0n) is 11.5. The number of para-hydroxylation sites is 1. The average molecular weight is 290 g/mol. The summed E-state index contributed by atoms with van der Waals surface area (Å²) in [7, 11) is 0. The maximum atomic E-state index is 13.3. The van der Waals surface area contributed by atoms with Gasteiger partial charge in [-0.25, -0.2) is 4.39 Å². The average Bonchev–Trinajstić information content (AvgIpc) is 2.47. The van der Waals surface area contributed by atoms with Crippen LogP contribution in [0.25, 0.3) is 0 Å². The second-order valence-electron chi connectivity index (χ2n) is 4.52. The van der Waals surface area contributed by atoms with Crippen LogP contribution in [-0.4, -0.2) is 4.92 Å². The number of hydrogen-bond acceptors (Lipinski definition) is 4. The minimum Gasteiger partial charge on any atom is -0.450 e. The molecule has 2 N–H and O–H groups in total. The Labute approximate surface area is 121 Å². The van der Waals surface area contributed by atoms with Crippen LogP contribution >= 0.6 is 0 Å². The lowest BCUT2D eigenvalue weighted by atomic mass is 10.0. The molecule has 5 nitrogen and oxygen atoms in total. The van der Waals surface area contributed by atoms with Crippen LogP contribution in [0.2, 0.25) is 0 Å². The van der Waals surface area contributed by atoms with Gasteiger partial charge in [0.25, 0.3) is 0 Å². The molecule has 0 amide bonds. The molecule has 6 heteroatoms. The largest absolute Gasteiger partial charge is 0.450 e. The molecule has 2 aromatic rings. The van der Waals surface area contributed by atoms with Crippen LogP contribution in [-0.2, 0) is 0 Å². The molecule has 0 heterocycles. The number of halogens is 1. The third kappa shape index (κ3) is 3.35. The minimum atomic E-state index is -0.614. The molecular formula is C15H15FN2O3. The summed E-state index contributed by atoms with van der Waals surface area (Å²) < 4.78 is 18.9. The quantitative estimate of drug-likeness (QED) is 0.668. The third-order valence-corrected chi connectivity index (χ3v) is 3.10. The zero-order valence-corrected chi connectivity index (χ0v) is 11.5. The van der Waals surface area contributed by atoms with E-state index in [1.807, 2.05) is 6.92 Å². The van der Waals surface area contributed by atoms with E-state index < -0.39 is 10.7 Å². The summed E-state index contributed by atoms with van der Waals surface area (Å²) in [6, 6.07) is 9.81. The summed E-state index contributed by atoms with van der Waals surface area (Å²) in [6.07, 6.45) is 0.686. The Hall–Kier alpha value is -2.47. The Balaban J connectivity index is 2.43. The van der Waals surface area contributed by atoms with Crippen molar-refractivity contribution in [2.24, 2.45) is 5.73 Å². The van der Waals surface area contributed by atoms with Crippen molar-refractivity contribution in [3.8, 4) is 11.5 Å². The summed E-state index contributed by atoms with van der Waals surface area (Å²) in [5.74, 6) is -0.357. The second kappa shape index (κ2) is 6.32. The monoisotopic (exact) mass is 290 g/mol. The van der Waals surface area contributed by atoms with Crippen LogP contribution in [0.1, 0.15) is 24.9 Å². The van der Waals surface area contributed by atoms with E-state index in [2.05, 4.69) is 0 Å². The van der Waals surface area contributed by atoms with Gasteiger partial charge >= 0.3 is 5.69 Å². The first kappa shape index (κ1) is 14.9. The van der Waals surface area contributed by atoms with Crippen molar-refractivity contribution in [3.05, 3.63) is 64.0 Å². The summed E-state index contributed by atoms with van der Waals surface area (Å²) in [6.45, 7) is 1.92. The van der Waals surface area contributed by atoms with Crippen molar-refractivity contribution in [2.75, 3.05) is 0 Å². The van der Waals surface area contributed by atoms with E-state index in [4.69, 9.17) is 10.5 Å². The zero-order chi connectivity index (χ0) is 15.4. The fourth-order valence-electron chi connectivity index (χ4n) is 1.94. The van der Waals surface area contributed by atoms with Gasteiger partial charge < -0.3 is 10.5 Å². The smallest absolute Gasteiger partial charge is 0.311 e. The van der Waals surface area contributed by atoms with Crippen molar-refractivity contribution in [1.29, 1.82) is 0 Å². The number of ether oxygens (including phenoxy) is 1. The molecule has 0 spiro atoms. The Morgan fingerprint density at radius 3 is 2.67 bits per heavy atom. The normalized spacial score (nSPS) is 12.0. The molecule has 0 bridgehead atoms. The predicted octanol–water partition coefficient (Wildman–Crippen LogP) is 3.94. The number of benzene rings is 2. The van der Waals surface area contributed by atoms with E-state index in [1.165, 1.54) is 0 Å². The second-order valence-corrected chi connectivity index (χ2v) is 4.52. The van der Waals surface area contributed by atoms with Gasteiger partial charge in [-0.2, -0.15) is 0 Å². The number of hydrogen-bond donors (Lipinski definition) is 1. The highest BCUT2D eigenvalue weighted by Gasteiger charge is 2.19. The van der Waals surface area contributed by atoms with Gasteiger partial charge in [0.15, 0.2) is 0 Å². The summed E-state index contributed by atoms with van der Waals surface area (Å²) in [5, 5.41) is 11.0. The van der Waals surface area contributed by atoms with Gasteiger partial charge in [-0.05, 0) is 18.6 Å². The SMILES string of the molecule is CC[C@H](N)c1ccccc1Oc1cc(F)ccc1[N+](=O)[O-]. The highest BCUT2D eigenvalue weighted by Crippen LogP contribution is 2.35. The first-order chi connectivity index (χ1) is 10.0. The van der Waals surface area contributed by atoms with Crippen molar-refractivity contribution >= 4 is 5.69 Å². The van der Waals surface area contributed by atoms with Gasteiger partial charge in [0.05, 0.1) is 4.92 Å².